The molecular formula is C12H9BrClNS. The minimum atomic E-state index is 0.597. The van der Waals surface area contributed by atoms with E-state index in [0.29, 0.717) is 10.7 Å². The quantitative estimate of drug-likeness (QED) is 0.803. The molecular weight excluding hydrogens is 306 g/mol. The van der Waals surface area contributed by atoms with Crippen LogP contribution < -0.4 is 5.73 Å². The first-order valence-corrected chi connectivity index (χ1v) is 6.62. The fourth-order valence-corrected chi connectivity index (χ4v) is 2.47. The van der Waals surface area contributed by atoms with E-state index in [4.69, 9.17) is 17.3 Å². The van der Waals surface area contributed by atoms with E-state index in [1.165, 1.54) is 4.90 Å². The third-order valence-electron chi connectivity index (χ3n) is 2.02. The molecule has 0 saturated heterocycles. The molecule has 0 amide bonds. The van der Waals surface area contributed by atoms with E-state index in [1.54, 1.807) is 11.8 Å². The largest absolute Gasteiger partial charge is 0.397 e. The molecule has 0 spiro atoms. The third-order valence-corrected chi connectivity index (χ3v) is 3.89. The maximum Gasteiger partial charge on any atom is 0.0636 e. The van der Waals surface area contributed by atoms with Crippen LogP contribution in [0.2, 0.25) is 5.02 Å². The highest BCUT2D eigenvalue weighted by Gasteiger charge is 2.00. The molecule has 0 unspecified atom stereocenters. The van der Waals surface area contributed by atoms with Crippen molar-refractivity contribution >= 4 is 45.0 Å². The van der Waals surface area contributed by atoms with Crippen LogP contribution in [0, 0.1) is 0 Å². The molecule has 0 aliphatic carbocycles. The van der Waals surface area contributed by atoms with Crippen LogP contribution >= 0.6 is 39.3 Å². The lowest BCUT2D eigenvalue weighted by Crippen LogP contribution is -1.85. The van der Waals surface area contributed by atoms with Crippen LogP contribution in [0.15, 0.2) is 56.7 Å². The lowest BCUT2D eigenvalue weighted by atomic mass is 10.3. The molecule has 0 aliphatic rings. The molecule has 2 N–H and O–H groups in total. The Kier molecular flexibility index (Phi) is 3.79. The summed E-state index contributed by atoms with van der Waals surface area (Å²) in [5, 5.41) is 0.597. The van der Waals surface area contributed by atoms with Crippen molar-refractivity contribution in [1.82, 2.24) is 0 Å². The second-order valence-electron chi connectivity index (χ2n) is 3.24. The van der Waals surface area contributed by atoms with Crippen molar-refractivity contribution in [2.75, 3.05) is 5.73 Å². The van der Waals surface area contributed by atoms with E-state index in [2.05, 4.69) is 28.1 Å². The van der Waals surface area contributed by atoms with E-state index in [9.17, 15) is 0 Å². The first-order chi connectivity index (χ1) is 7.65. The predicted octanol–water partition coefficient (Wildman–Crippen LogP) is 4.84. The van der Waals surface area contributed by atoms with E-state index in [0.717, 1.165) is 9.37 Å². The highest BCUT2D eigenvalue weighted by atomic mass is 79.9. The van der Waals surface area contributed by atoms with Gasteiger partial charge in [0, 0.05) is 14.3 Å². The van der Waals surface area contributed by atoms with Crippen molar-refractivity contribution in [3.05, 3.63) is 52.0 Å². The average Bonchev–Trinajstić information content (AvgIpc) is 2.27. The fourth-order valence-electron chi connectivity index (χ4n) is 1.22. The number of benzene rings is 2. The maximum atomic E-state index is 5.86. The molecule has 1 nitrogen and oxygen atoms in total. The van der Waals surface area contributed by atoms with Crippen molar-refractivity contribution in [3.63, 3.8) is 0 Å². The molecule has 0 aliphatic heterocycles. The zero-order valence-corrected chi connectivity index (χ0v) is 11.4. The SMILES string of the molecule is Nc1cc(Sc2ccc(Br)cc2)ccc1Cl. The number of hydrogen-bond acceptors (Lipinski definition) is 2. The first kappa shape index (κ1) is 11.8. The van der Waals surface area contributed by atoms with Crippen molar-refractivity contribution in [3.8, 4) is 0 Å². The zero-order chi connectivity index (χ0) is 11.5. The highest BCUT2D eigenvalue weighted by Crippen LogP contribution is 2.31. The van der Waals surface area contributed by atoms with Gasteiger partial charge in [-0.1, -0.05) is 39.3 Å². The van der Waals surface area contributed by atoms with Crippen LogP contribution in [0.5, 0.6) is 0 Å². The van der Waals surface area contributed by atoms with Gasteiger partial charge in [-0.2, -0.15) is 0 Å². The van der Waals surface area contributed by atoms with E-state index < -0.39 is 0 Å². The standard InChI is InChI=1S/C12H9BrClNS/c13-8-1-3-9(4-2-8)16-10-5-6-11(14)12(15)7-10/h1-7H,15H2. The van der Waals surface area contributed by atoms with Crippen molar-refractivity contribution in [2.45, 2.75) is 9.79 Å². The Labute approximate surface area is 112 Å². The molecule has 0 fully saturated rings. The van der Waals surface area contributed by atoms with Gasteiger partial charge < -0.3 is 5.73 Å². The lowest BCUT2D eigenvalue weighted by Gasteiger charge is -2.04. The summed E-state index contributed by atoms with van der Waals surface area (Å²) in [6, 6.07) is 13.8. The average molecular weight is 315 g/mol. The number of rotatable bonds is 2. The summed E-state index contributed by atoms with van der Waals surface area (Å²) < 4.78 is 1.08. The van der Waals surface area contributed by atoms with Gasteiger partial charge in [-0.25, -0.2) is 0 Å². The molecule has 82 valence electrons. The van der Waals surface area contributed by atoms with Gasteiger partial charge in [0.25, 0.3) is 0 Å². The molecule has 0 bridgehead atoms. The first-order valence-electron chi connectivity index (χ1n) is 4.63. The van der Waals surface area contributed by atoms with E-state index in [-0.39, 0.29) is 0 Å². The van der Waals surface area contributed by atoms with Crippen molar-refractivity contribution < 1.29 is 0 Å². The molecule has 0 atom stereocenters. The zero-order valence-electron chi connectivity index (χ0n) is 8.28. The summed E-state index contributed by atoms with van der Waals surface area (Å²) in [6.45, 7) is 0. The van der Waals surface area contributed by atoms with Crippen LogP contribution in [-0.2, 0) is 0 Å². The number of hydrogen-bond donors (Lipinski definition) is 1. The van der Waals surface area contributed by atoms with Gasteiger partial charge >= 0.3 is 0 Å². The van der Waals surface area contributed by atoms with Gasteiger partial charge in [-0.3, -0.25) is 0 Å². The molecule has 4 heteroatoms. The Bertz CT molecular complexity index is 499. The van der Waals surface area contributed by atoms with Crippen LogP contribution in [0.25, 0.3) is 0 Å². The summed E-state index contributed by atoms with van der Waals surface area (Å²) in [7, 11) is 0. The molecule has 2 aromatic carbocycles. The molecule has 0 heterocycles. The minimum Gasteiger partial charge on any atom is -0.397 e. The smallest absolute Gasteiger partial charge is 0.0636 e. The third kappa shape index (κ3) is 2.94. The highest BCUT2D eigenvalue weighted by molar-refractivity contribution is 9.10. The summed E-state index contributed by atoms with van der Waals surface area (Å²) in [6.07, 6.45) is 0. The molecule has 0 radical (unpaired) electrons. The van der Waals surface area contributed by atoms with Gasteiger partial charge in [0.2, 0.25) is 0 Å². The summed E-state index contributed by atoms with van der Waals surface area (Å²) in [5.41, 5.74) is 6.36. The maximum absolute atomic E-state index is 5.86. The summed E-state index contributed by atoms with van der Waals surface area (Å²) in [4.78, 5) is 2.26. The fraction of sp³-hybridized carbons (Fsp3) is 0. The Balaban J connectivity index is 2.20. The number of anilines is 1. The topological polar surface area (TPSA) is 26.0 Å². The summed E-state index contributed by atoms with van der Waals surface area (Å²) in [5.74, 6) is 0. The number of nitrogen functional groups attached to an aromatic ring is 1. The van der Waals surface area contributed by atoms with Crippen LogP contribution in [-0.4, -0.2) is 0 Å². The monoisotopic (exact) mass is 313 g/mol. The van der Waals surface area contributed by atoms with E-state index >= 15 is 0 Å². The van der Waals surface area contributed by atoms with Gasteiger partial charge in [-0.05, 0) is 42.5 Å². The number of nitrogens with two attached hydrogens (primary N) is 1. The second-order valence-corrected chi connectivity index (χ2v) is 5.71. The summed E-state index contributed by atoms with van der Waals surface area (Å²) >= 11 is 10.9. The van der Waals surface area contributed by atoms with Gasteiger partial charge in [0.1, 0.15) is 0 Å². The Hall–Kier alpha value is -0.640. The lowest BCUT2D eigenvalue weighted by molar-refractivity contribution is 1.40. The Morgan fingerprint density at radius 1 is 1.00 bits per heavy atom. The normalized spacial score (nSPS) is 10.4. The van der Waals surface area contributed by atoms with Crippen molar-refractivity contribution in [2.24, 2.45) is 0 Å². The van der Waals surface area contributed by atoms with Crippen LogP contribution in [0.4, 0.5) is 5.69 Å². The second kappa shape index (κ2) is 5.13. The predicted molar refractivity (Wildman–Crippen MR) is 74.1 cm³/mol. The molecule has 16 heavy (non-hydrogen) atoms. The number of halogens is 2. The minimum absolute atomic E-state index is 0.597. The van der Waals surface area contributed by atoms with Gasteiger partial charge in [0.15, 0.2) is 0 Å². The Morgan fingerprint density at radius 3 is 2.25 bits per heavy atom. The Morgan fingerprint density at radius 2 is 1.62 bits per heavy atom. The molecule has 0 aromatic heterocycles. The molecule has 2 aromatic rings. The van der Waals surface area contributed by atoms with Crippen LogP contribution in [0.3, 0.4) is 0 Å². The van der Waals surface area contributed by atoms with Gasteiger partial charge in [0.05, 0.1) is 10.7 Å². The van der Waals surface area contributed by atoms with Crippen LogP contribution in [0.1, 0.15) is 0 Å². The van der Waals surface area contributed by atoms with Gasteiger partial charge in [-0.15, -0.1) is 0 Å². The molecule has 2 rings (SSSR count). The molecule has 0 saturated carbocycles. The van der Waals surface area contributed by atoms with E-state index in [1.807, 2.05) is 30.3 Å². The van der Waals surface area contributed by atoms with Crippen molar-refractivity contribution in [1.29, 1.82) is 0 Å².